The van der Waals surface area contributed by atoms with Gasteiger partial charge in [-0.05, 0) is 30.0 Å². The highest BCUT2D eigenvalue weighted by molar-refractivity contribution is 7.90. The fourth-order valence-electron chi connectivity index (χ4n) is 3.36. The van der Waals surface area contributed by atoms with E-state index in [1.54, 1.807) is 29.1 Å². The topological polar surface area (TPSA) is 118 Å². The van der Waals surface area contributed by atoms with Crippen LogP contribution in [0.2, 0.25) is 0 Å². The van der Waals surface area contributed by atoms with Crippen molar-refractivity contribution in [2.24, 2.45) is 5.92 Å². The molecule has 8 nitrogen and oxygen atoms in total. The molecule has 1 aromatic heterocycles. The molecule has 2 aromatic carbocycles. The molecule has 0 aliphatic heterocycles. The van der Waals surface area contributed by atoms with Crippen molar-refractivity contribution in [1.29, 1.82) is 0 Å². The van der Waals surface area contributed by atoms with Crippen LogP contribution in [-0.4, -0.2) is 40.9 Å². The summed E-state index contributed by atoms with van der Waals surface area (Å²) >= 11 is 0. The first-order chi connectivity index (χ1) is 16.7. The quantitative estimate of drug-likeness (QED) is 0.312. The summed E-state index contributed by atoms with van der Waals surface area (Å²) in [5.41, 5.74) is 2.49. The molecule has 0 fully saturated rings. The summed E-state index contributed by atoms with van der Waals surface area (Å²) in [5.74, 6) is -4.54. The summed E-state index contributed by atoms with van der Waals surface area (Å²) in [6.45, 7) is 1.95. The lowest BCUT2D eigenvalue weighted by Crippen LogP contribution is -2.40. The van der Waals surface area contributed by atoms with E-state index in [0.717, 1.165) is 11.1 Å². The lowest BCUT2D eigenvalue weighted by Gasteiger charge is -2.13. The van der Waals surface area contributed by atoms with Gasteiger partial charge < -0.3 is 5.11 Å². The Balaban J connectivity index is 1.59. The average Bonchev–Trinajstić information content (AvgIpc) is 3.31. The van der Waals surface area contributed by atoms with Gasteiger partial charge in [-0.15, -0.1) is 0 Å². The van der Waals surface area contributed by atoms with Crippen LogP contribution in [0, 0.1) is 5.92 Å². The van der Waals surface area contributed by atoms with Gasteiger partial charge in [-0.1, -0.05) is 85.0 Å². The summed E-state index contributed by atoms with van der Waals surface area (Å²) in [6, 6.07) is 19.0. The Morgan fingerprint density at radius 2 is 1.71 bits per heavy atom. The van der Waals surface area contributed by atoms with Gasteiger partial charge in [0.15, 0.2) is 0 Å². The second-order valence-electron chi connectivity index (χ2n) is 7.96. The van der Waals surface area contributed by atoms with Crippen molar-refractivity contribution in [1.82, 2.24) is 14.5 Å². The van der Waals surface area contributed by atoms with E-state index in [1.807, 2.05) is 72.3 Å². The molecule has 1 amide bonds. The second kappa shape index (κ2) is 11.9. The molecule has 0 saturated heterocycles. The molecule has 0 saturated carbocycles. The molecular weight excluding hydrogens is 466 g/mol. The van der Waals surface area contributed by atoms with Gasteiger partial charge in [0.2, 0.25) is 15.9 Å². The summed E-state index contributed by atoms with van der Waals surface area (Å²) in [6.07, 6.45) is 9.37. The molecule has 0 aliphatic carbocycles. The third-order valence-corrected chi connectivity index (χ3v) is 6.44. The number of aromatic nitrogens is 2. The molecule has 3 aromatic rings. The molecule has 0 bridgehead atoms. The van der Waals surface area contributed by atoms with Gasteiger partial charge >= 0.3 is 5.97 Å². The van der Waals surface area contributed by atoms with E-state index in [2.05, 4.69) is 5.10 Å². The standard InChI is InChI=1S/C26H27N3O5S/c1-20(23-14-8-3-9-15-23)29-19-22(18-27-29)17-24(26(31)32)25(30)28-35(33,34)16-10-4-7-13-21-11-5-2-6-12-21/h2-15,18-20,24H,16-17H2,1H3,(H,28,30)(H,31,32)/b10-4+,13-7?. The summed E-state index contributed by atoms with van der Waals surface area (Å²) in [7, 11) is -4.05. The number of benzene rings is 2. The van der Waals surface area contributed by atoms with E-state index < -0.39 is 33.6 Å². The van der Waals surface area contributed by atoms with Crippen LogP contribution in [-0.2, 0) is 26.0 Å². The van der Waals surface area contributed by atoms with E-state index >= 15 is 0 Å². The Hall–Kier alpha value is -3.98. The van der Waals surface area contributed by atoms with Crippen LogP contribution in [0.1, 0.15) is 29.7 Å². The van der Waals surface area contributed by atoms with Gasteiger partial charge in [-0.25, -0.2) is 8.42 Å². The fraction of sp³-hybridized carbons (Fsp3) is 0.192. The van der Waals surface area contributed by atoms with E-state index in [4.69, 9.17) is 0 Å². The second-order valence-corrected chi connectivity index (χ2v) is 9.72. The van der Waals surface area contributed by atoms with Gasteiger partial charge in [-0.3, -0.25) is 19.0 Å². The number of carbonyl (C=O) groups excluding carboxylic acids is 1. The number of carbonyl (C=O) groups is 2. The normalized spacial score (nSPS) is 13.6. The highest BCUT2D eigenvalue weighted by Gasteiger charge is 2.30. The van der Waals surface area contributed by atoms with Crippen molar-refractivity contribution in [3.63, 3.8) is 0 Å². The first-order valence-electron chi connectivity index (χ1n) is 11.0. The minimum absolute atomic E-state index is 0.0924. The SMILES string of the molecule is CC(c1ccccc1)n1cc(CC(C(=O)O)C(=O)NS(=O)(=O)C/C=C/C=Cc2ccccc2)cn1. The van der Waals surface area contributed by atoms with Crippen LogP contribution in [0.25, 0.3) is 6.08 Å². The number of rotatable bonds is 11. The third-order valence-electron chi connectivity index (χ3n) is 5.30. The van der Waals surface area contributed by atoms with Crippen molar-refractivity contribution in [3.8, 4) is 0 Å². The fourth-order valence-corrected chi connectivity index (χ4v) is 4.26. The van der Waals surface area contributed by atoms with Crippen LogP contribution in [0.5, 0.6) is 0 Å². The molecule has 0 radical (unpaired) electrons. The number of nitrogens with one attached hydrogen (secondary N) is 1. The number of amides is 1. The molecule has 2 atom stereocenters. The first kappa shape index (κ1) is 25.6. The number of sulfonamides is 1. The Morgan fingerprint density at radius 3 is 2.37 bits per heavy atom. The highest BCUT2D eigenvalue weighted by Crippen LogP contribution is 2.18. The maximum absolute atomic E-state index is 12.5. The molecule has 0 aliphatic rings. The smallest absolute Gasteiger partial charge is 0.316 e. The summed E-state index contributed by atoms with van der Waals surface area (Å²) < 4.78 is 28.1. The van der Waals surface area contributed by atoms with E-state index in [1.165, 1.54) is 12.3 Å². The molecule has 35 heavy (non-hydrogen) atoms. The molecule has 9 heteroatoms. The van der Waals surface area contributed by atoms with Gasteiger partial charge in [0.05, 0.1) is 18.0 Å². The van der Waals surface area contributed by atoms with E-state index in [0.29, 0.717) is 5.56 Å². The summed E-state index contributed by atoms with van der Waals surface area (Å²) in [4.78, 5) is 24.2. The molecule has 0 spiro atoms. The van der Waals surface area contributed by atoms with Crippen LogP contribution in [0.4, 0.5) is 0 Å². The number of aliphatic carboxylic acids is 1. The van der Waals surface area contributed by atoms with Crippen molar-refractivity contribution in [3.05, 3.63) is 108 Å². The number of carboxylic acids is 1. The maximum atomic E-state index is 12.5. The maximum Gasteiger partial charge on any atom is 0.316 e. The molecular formula is C26H27N3O5S. The zero-order chi connectivity index (χ0) is 25.3. The molecule has 3 rings (SSSR count). The number of hydrogen-bond acceptors (Lipinski definition) is 5. The van der Waals surface area contributed by atoms with Gasteiger partial charge in [0.1, 0.15) is 5.92 Å². The average molecular weight is 494 g/mol. The number of nitrogens with zero attached hydrogens (tertiary/aromatic N) is 2. The summed E-state index contributed by atoms with van der Waals surface area (Å²) in [5, 5.41) is 13.8. The Morgan fingerprint density at radius 1 is 1.06 bits per heavy atom. The zero-order valence-corrected chi connectivity index (χ0v) is 20.0. The number of carboxylic acid groups (broad SMARTS) is 1. The predicted octanol–water partition coefficient (Wildman–Crippen LogP) is 3.45. The molecule has 182 valence electrons. The van der Waals surface area contributed by atoms with Crippen molar-refractivity contribution >= 4 is 28.0 Å². The van der Waals surface area contributed by atoms with Crippen LogP contribution in [0.3, 0.4) is 0 Å². The van der Waals surface area contributed by atoms with Crippen molar-refractivity contribution in [2.45, 2.75) is 19.4 Å². The highest BCUT2D eigenvalue weighted by atomic mass is 32.2. The molecule has 2 unspecified atom stereocenters. The lowest BCUT2D eigenvalue weighted by atomic mass is 10.0. The monoisotopic (exact) mass is 493 g/mol. The Labute approximate surface area is 204 Å². The van der Waals surface area contributed by atoms with Crippen molar-refractivity contribution < 1.29 is 23.1 Å². The Bertz CT molecular complexity index is 1300. The van der Waals surface area contributed by atoms with Crippen LogP contribution < -0.4 is 4.72 Å². The third kappa shape index (κ3) is 7.79. The minimum atomic E-state index is -4.05. The van der Waals surface area contributed by atoms with Crippen LogP contribution in [0.15, 0.2) is 91.3 Å². The number of hydrogen-bond donors (Lipinski definition) is 2. The molecule has 1 heterocycles. The largest absolute Gasteiger partial charge is 0.481 e. The van der Waals surface area contributed by atoms with Gasteiger partial charge in [0, 0.05) is 6.20 Å². The van der Waals surface area contributed by atoms with E-state index in [-0.39, 0.29) is 12.5 Å². The molecule has 2 N–H and O–H groups in total. The van der Waals surface area contributed by atoms with E-state index in [9.17, 15) is 23.1 Å². The van der Waals surface area contributed by atoms with Gasteiger partial charge in [-0.2, -0.15) is 5.10 Å². The van der Waals surface area contributed by atoms with Crippen LogP contribution >= 0.6 is 0 Å². The number of allylic oxidation sites excluding steroid dienone is 2. The van der Waals surface area contributed by atoms with Gasteiger partial charge in [0.25, 0.3) is 0 Å². The zero-order valence-electron chi connectivity index (χ0n) is 19.2. The lowest BCUT2D eigenvalue weighted by molar-refractivity contribution is -0.146. The predicted molar refractivity (Wildman–Crippen MR) is 134 cm³/mol. The Kier molecular flexibility index (Phi) is 8.74. The van der Waals surface area contributed by atoms with Crippen molar-refractivity contribution in [2.75, 3.05) is 5.75 Å². The first-order valence-corrected chi connectivity index (χ1v) is 12.6. The minimum Gasteiger partial charge on any atom is -0.481 e.